The molecule has 0 bridgehead atoms. The number of fused-ring (bicyclic) bond motifs is 1. The normalized spacial score (nSPS) is 15.3. The van der Waals surface area contributed by atoms with Crippen LogP contribution in [0.4, 0.5) is 9.93 Å². The number of thiazole rings is 2. The predicted octanol–water partition coefficient (Wildman–Crippen LogP) is 3.73. The van der Waals surface area contributed by atoms with Crippen molar-refractivity contribution in [3.63, 3.8) is 0 Å². The molecule has 0 spiro atoms. The summed E-state index contributed by atoms with van der Waals surface area (Å²) in [7, 11) is 1.61. The Balaban J connectivity index is 1.65. The molecular formula is C18H20N4O3S2. The number of carbonyl (C=O) groups is 1. The molecule has 2 N–H and O–H groups in total. The standard InChI is InChI=1S/C18H20N4O3S2/c1-10-19-13(9-26-10)12-3-4-14(25-2)15-16(12)27-17(20-15)21-18(24)22-7-5-11(23)6-8-22/h3-4,9,11,23H,5-8H2,1-2H3,(H,20,21,24). The maximum absolute atomic E-state index is 12.5. The molecule has 27 heavy (non-hydrogen) atoms. The fraction of sp³-hybridized carbons (Fsp3) is 0.389. The van der Waals surface area contributed by atoms with Gasteiger partial charge in [0.05, 0.1) is 28.6 Å². The molecule has 9 heteroatoms. The highest BCUT2D eigenvalue weighted by molar-refractivity contribution is 7.23. The molecule has 3 heterocycles. The highest BCUT2D eigenvalue weighted by atomic mass is 32.1. The fourth-order valence-corrected chi connectivity index (χ4v) is 4.74. The van der Waals surface area contributed by atoms with Crippen LogP contribution >= 0.6 is 22.7 Å². The molecule has 1 fully saturated rings. The second-order valence-corrected chi connectivity index (χ2v) is 8.47. The van der Waals surface area contributed by atoms with Gasteiger partial charge in [0, 0.05) is 24.0 Å². The number of nitrogens with one attached hydrogen (secondary N) is 1. The lowest BCUT2D eigenvalue weighted by molar-refractivity contribution is 0.0972. The zero-order valence-corrected chi connectivity index (χ0v) is 16.7. The molecule has 1 saturated heterocycles. The first-order valence-electron chi connectivity index (χ1n) is 8.69. The number of urea groups is 1. The number of rotatable bonds is 3. The maximum Gasteiger partial charge on any atom is 0.323 e. The van der Waals surface area contributed by atoms with Crippen LogP contribution in [0.15, 0.2) is 17.5 Å². The molecule has 2 aromatic heterocycles. The van der Waals surface area contributed by atoms with Crippen LogP contribution < -0.4 is 10.1 Å². The SMILES string of the molecule is COc1ccc(-c2csc(C)n2)c2sc(NC(=O)N3CCC(O)CC3)nc12. The van der Waals surface area contributed by atoms with E-state index in [9.17, 15) is 9.90 Å². The summed E-state index contributed by atoms with van der Waals surface area (Å²) in [6.07, 6.45) is 0.896. The first kappa shape index (κ1) is 18.1. The van der Waals surface area contributed by atoms with Gasteiger partial charge in [-0.25, -0.2) is 14.8 Å². The minimum atomic E-state index is -0.315. The van der Waals surface area contributed by atoms with E-state index in [0.29, 0.717) is 36.8 Å². The molecule has 0 atom stereocenters. The van der Waals surface area contributed by atoms with Gasteiger partial charge < -0.3 is 14.7 Å². The molecule has 7 nitrogen and oxygen atoms in total. The van der Waals surface area contributed by atoms with Gasteiger partial charge in [-0.1, -0.05) is 11.3 Å². The van der Waals surface area contributed by atoms with Gasteiger partial charge in [-0.15, -0.1) is 11.3 Å². The van der Waals surface area contributed by atoms with Crippen molar-refractivity contribution in [3.05, 3.63) is 22.5 Å². The lowest BCUT2D eigenvalue weighted by atomic mass is 10.1. The molecule has 1 aliphatic heterocycles. The molecule has 3 aromatic rings. The molecule has 0 radical (unpaired) electrons. The van der Waals surface area contributed by atoms with E-state index >= 15 is 0 Å². The lowest BCUT2D eigenvalue weighted by Gasteiger charge is -2.29. The van der Waals surface area contributed by atoms with Gasteiger partial charge >= 0.3 is 6.03 Å². The van der Waals surface area contributed by atoms with Crippen molar-refractivity contribution in [2.45, 2.75) is 25.9 Å². The Labute approximate surface area is 164 Å². The smallest absolute Gasteiger partial charge is 0.323 e. The van der Waals surface area contributed by atoms with E-state index in [2.05, 4.69) is 15.3 Å². The molecule has 2 amide bonds. The van der Waals surface area contributed by atoms with Gasteiger partial charge in [0.15, 0.2) is 5.13 Å². The van der Waals surface area contributed by atoms with E-state index < -0.39 is 0 Å². The highest BCUT2D eigenvalue weighted by Gasteiger charge is 2.23. The van der Waals surface area contributed by atoms with Crippen molar-refractivity contribution >= 4 is 44.1 Å². The van der Waals surface area contributed by atoms with Crippen LogP contribution in [-0.2, 0) is 0 Å². The minimum absolute atomic E-state index is 0.189. The largest absolute Gasteiger partial charge is 0.494 e. The number of methoxy groups -OCH3 is 1. The second kappa shape index (κ2) is 7.41. The topological polar surface area (TPSA) is 87.6 Å². The van der Waals surface area contributed by atoms with Crippen LogP contribution in [0.2, 0.25) is 0 Å². The molecule has 0 saturated carbocycles. The number of hydrogen-bond donors (Lipinski definition) is 2. The summed E-state index contributed by atoms with van der Waals surface area (Å²) in [6.45, 7) is 3.07. The van der Waals surface area contributed by atoms with Crippen LogP contribution in [0.25, 0.3) is 21.5 Å². The highest BCUT2D eigenvalue weighted by Crippen LogP contribution is 2.39. The van der Waals surface area contributed by atoms with Gasteiger partial charge in [-0.3, -0.25) is 5.32 Å². The minimum Gasteiger partial charge on any atom is -0.494 e. The number of likely N-dealkylation sites (tertiary alicyclic amines) is 1. The number of aliphatic hydroxyl groups excluding tert-OH is 1. The Morgan fingerprint density at radius 2 is 2.11 bits per heavy atom. The molecular weight excluding hydrogens is 384 g/mol. The summed E-state index contributed by atoms with van der Waals surface area (Å²) < 4.78 is 6.38. The molecule has 1 aromatic carbocycles. The Kier molecular flexibility index (Phi) is 4.98. The van der Waals surface area contributed by atoms with E-state index in [1.54, 1.807) is 23.3 Å². The van der Waals surface area contributed by atoms with Gasteiger partial charge in [0.2, 0.25) is 0 Å². The number of aliphatic hydroxyl groups is 1. The number of amides is 2. The number of hydrogen-bond acceptors (Lipinski definition) is 7. The molecule has 142 valence electrons. The average molecular weight is 405 g/mol. The number of ether oxygens (including phenoxy) is 1. The van der Waals surface area contributed by atoms with Crippen LogP contribution in [0.1, 0.15) is 17.8 Å². The van der Waals surface area contributed by atoms with E-state index in [1.165, 1.54) is 11.3 Å². The van der Waals surface area contributed by atoms with Crippen molar-refractivity contribution in [1.29, 1.82) is 0 Å². The third-order valence-corrected chi connectivity index (χ3v) is 6.36. The zero-order valence-electron chi connectivity index (χ0n) is 15.1. The van der Waals surface area contributed by atoms with Gasteiger partial charge in [0.25, 0.3) is 0 Å². The monoisotopic (exact) mass is 404 g/mol. The number of piperidine rings is 1. The number of anilines is 1. The van der Waals surface area contributed by atoms with E-state index in [-0.39, 0.29) is 12.1 Å². The number of carbonyl (C=O) groups excluding carboxylic acids is 1. The summed E-state index contributed by atoms with van der Waals surface area (Å²) in [5.41, 5.74) is 2.60. The number of aromatic nitrogens is 2. The van der Waals surface area contributed by atoms with Gasteiger partial charge in [-0.2, -0.15) is 0 Å². The van der Waals surface area contributed by atoms with Crippen molar-refractivity contribution in [1.82, 2.24) is 14.9 Å². The van der Waals surface area contributed by atoms with Gasteiger partial charge in [-0.05, 0) is 31.9 Å². The Morgan fingerprint density at radius 1 is 1.33 bits per heavy atom. The molecule has 0 unspecified atom stereocenters. The Morgan fingerprint density at radius 3 is 2.78 bits per heavy atom. The first-order valence-corrected chi connectivity index (χ1v) is 10.4. The summed E-state index contributed by atoms with van der Waals surface area (Å²) in [5.74, 6) is 0.665. The van der Waals surface area contributed by atoms with Crippen molar-refractivity contribution in [2.75, 3.05) is 25.5 Å². The second-order valence-electron chi connectivity index (χ2n) is 6.41. The van der Waals surface area contributed by atoms with E-state index in [0.717, 1.165) is 26.5 Å². The Hall–Kier alpha value is -2.23. The predicted molar refractivity (Wildman–Crippen MR) is 108 cm³/mol. The maximum atomic E-state index is 12.5. The number of benzene rings is 1. The van der Waals surface area contributed by atoms with Crippen LogP contribution in [0, 0.1) is 6.92 Å². The van der Waals surface area contributed by atoms with Crippen LogP contribution in [-0.4, -0.2) is 52.3 Å². The fourth-order valence-electron chi connectivity index (χ4n) is 3.13. The first-order chi connectivity index (χ1) is 13.0. The number of aryl methyl sites for hydroxylation is 1. The summed E-state index contributed by atoms with van der Waals surface area (Å²) >= 11 is 3.02. The summed E-state index contributed by atoms with van der Waals surface area (Å²) in [5, 5.41) is 16.0. The van der Waals surface area contributed by atoms with E-state index in [4.69, 9.17) is 4.74 Å². The van der Waals surface area contributed by atoms with Gasteiger partial charge in [0.1, 0.15) is 11.3 Å². The molecule has 1 aliphatic rings. The van der Waals surface area contributed by atoms with Crippen LogP contribution in [0.5, 0.6) is 5.75 Å². The zero-order chi connectivity index (χ0) is 19.0. The summed E-state index contributed by atoms with van der Waals surface area (Å²) in [4.78, 5) is 23.4. The lowest BCUT2D eigenvalue weighted by Crippen LogP contribution is -2.42. The van der Waals surface area contributed by atoms with Crippen molar-refractivity contribution in [3.8, 4) is 17.0 Å². The number of nitrogens with zero attached hydrogens (tertiary/aromatic N) is 3. The summed E-state index contributed by atoms with van der Waals surface area (Å²) in [6, 6.07) is 3.67. The average Bonchev–Trinajstić information content (AvgIpc) is 3.27. The van der Waals surface area contributed by atoms with E-state index in [1.807, 2.05) is 24.4 Å². The molecule has 0 aliphatic carbocycles. The third-order valence-electron chi connectivity index (χ3n) is 4.59. The quantitative estimate of drug-likeness (QED) is 0.695. The Bertz CT molecular complexity index is 976. The van der Waals surface area contributed by atoms with Crippen molar-refractivity contribution < 1.29 is 14.6 Å². The van der Waals surface area contributed by atoms with Crippen LogP contribution in [0.3, 0.4) is 0 Å². The van der Waals surface area contributed by atoms with Crippen molar-refractivity contribution in [2.24, 2.45) is 0 Å². The third kappa shape index (κ3) is 3.62. The molecule has 4 rings (SSSR count).